The first-order chi connectivity index (χ1) is 19.5. The van der Waals surface area contributed by atoms with Crippen molar-refractivity contribution in [2.45, 2.75) is 32.7 Å². The van der Waals surface area contributed by atoms with E-state index in [1.54, 1.807) is 22.7 Å². The van der Waals surface area contributed by atoms with Gasteiger partial charge in [-0.15, -0.1) is 0 Å². The number of carbonyl (C=O) groups excluding carboxylic acids is 1. The Morgan fingerprint density at radius 1 is 1.10 bits per heavy atom. The molecule has 1 amide bonds. The van der Waals surface area contributed by atoms with E-state index in [-0.39, 0.29) is 5.82 Å². The number of hydrogen-bond acceptors (Lipinski definition) is 7. The largest absolute Gasteiger partial charge is 0.439 e. The molecule has 2 fully saturated rings. The minimum Gasteiger partial charge on any atom is -0.439 e. The Morgan fingerprint density at radius 2 is 1.93 bits per heavy atom. The molecule has 0 atom stereocenters. The normalized spacial score (nSPS) is 15.3. The molecule has 2 aromatic heterocycles. The highest BCUT2D eigenvalue weighted by Crippen LogP contribution is 2.30. The van der Waals surface area contributed by atoms with E-state index < -0.39 is 0 Å². The molecule has 4 aromatic rings. The van der Waals surface area contributed by atoms with Gasteiger partial charge in [-0.05, 0) is 55.5 Å². The lowest BCUT2D eigenvalue weighted by molar-refractivity contribution is -0.109. The molecular weight excluding hydrogens is 511 g/mol. The van der Waals surface area contributed by atoms with Crippen LogP contribution in [0.25, 0.3) is 16.8 Å². The van der Waals surface area contributed by atoms with Crippen molar-refractivity contribution in [3.05, 3.63) is 71.7 Å². The standard InChI is InChI=1S/C26H28FN5O2.C4H7NO/c1-18-6-7-20(14-19(18)2)23-17-29-32-24(28-8-9-31-10-12-33-13-11-31)16-25(30-26(23)32)34-22-5-3-4-21(27)15-22;6-3-5-4-1-2-4/h3-7,14-17,28H,8-13H2,1-2H3;3-4H,1-2H2,(H,5,6). The van der Waals surface area contributed by atoms with Crippen molar-refractivity contribution in [3.8, 4) is 22.8 Å². The van der Waals surface area contributed by atoms with Gasteiger partial charge in [-0.1, -0.05) is 24.3 Å². The SMILES string of the molecule is Cc1ccc(-c2cnn3c(NCCN4CCOCC4)cc(Oc4cccc(F)c4)nc23)cc1C.O=CNC1CC1. The number of halogens is 1. The van der Waals surface area contributed by atoms with E-state index in [1.807, 2.05) is 6.20 Å². The number of morpholine rings is 1. The Morgan fingerprint density at radius 3 is 2.62 bits per heavy atom. The Kier molecular flexibility index (Phi) is 8.87. The number of hydrogen-bond donors (Lipinski definition) is 2. The Hall–Kier alpha value is -4.02. The van der Waals surface area contributed by atoms with Crippen LogP contribution in [0.15, 0.2) is 54.7 Å². The van der Waals surface area contributed by atoms with Crippen LogP contribution in [0.1, 0.15) is 24.0 Å². The first-order valence-corrected chi connectivity index (χ1v) is 13.6. The zero-order valence-electron chi connectivity index (χ0n) is 22.9. The molecule has 2 aliphatic rings. The summed E-state index contributed by atoms with van der Waals surface area (Å²) in [6, 6.07) is 14.7. The van der Waals surface area contributed by atoms with Crippen molar-refractivity contribution in [3.63, 3.8) is 0 Å². The number of fused-ring (bicyclic) bond motifs is 1. The van der Waals surface area contributed by atoms with Crippen LogP contribution in [0, 0.1) is 19.7 Å². The minimum absolute atomic E-state index is 0.359. The van der Waals surface area contributed by atoms with Gasteiger partial charge in [0.05, 0.1) is 19.4 Å². The first-order valence-electron chi connectivity index (χ1n) is 13.6. The maximum Gasteiger partial charge on any atom is 0.224 e. The third-order valence-electron chi connectivity index (χ3n) is 7.00. The van der Waals surface area contributed by atoms with Gasteiger partial charge in [0.15, 0.2) is 5.65 Å². The summed E-state index contributed by atoms with van der Waals surface area (Å²) in [6.07, 6.45) is 4.95. The Bertz CT molecular complexity index is 1450. The molecule has 1 aliphatic heterocycles. The molecule has 2 N–H and O–H groups in total. The number of aromatic nitrogens is 3. The highest BCUT2D eigenvalue weighted by molar-refractivity contribution is 5.79. The number of aryl methyl sites for hydroxylation is 2. The predicted molar refractivity (Wildman–Crippen MR) is 152 cm³/mol. The van der Waals surface area contributed by atoms with Crippen LogP contribution in [-0.2, 0) is 9.53 Å². The van der Waals surface area contributed by atoms with Gasteiger partial charge in [0.25, 0.3) is 0 Å². The Labute approximate surface area is 233 Å². The van der Waals surface area contributed by atoms with Crippen LogP contribution < -0.4 is 15.4 Å². The first kappa shape index (κ1) is 27.5. The topological polar surface area (TPSA) is 93.0 Å². The fourth-order valence-corrected chi connectivity index (χ4v) is 4.40. The summed E-state index contributed by atoms with van der Waals surface area (Å²) in [5, 5.41) is 10.7. The summed E-state index contributed by atoms with van der Waals surface area (Å²) in [5.41, 5.74) is 5.05. The van der Waals surface area contributed by atoms with Crippen molar-refractivity contribution in [2.24, 2.45) is 0 Å². The third kappa shape index (κ3) is 7.13. The molecule has 9 nitrogen and oxygen atoms in total. The van der Waals surface area contributed by atoms with Gasteiger partial charge in [0.1, 0.15) is 17.4 Å². The van der Waals surface area contributed by atoms with Crippen LogP contribution >= 0.6 is 0 Å². The van der Waals surface area contributed by atoms with E-state index in [0.717, 1.165) is 62.7 Å². The number of anilines is 1. The smallest absolute Gasteiger partial charge is 0.224 e. The van der Waals surface area contributed by atoms with Gasteiger partial charge in [-0.3, -0.25) is 9.69 Å². The molecule has 0 bridgehead atoms. The molecule has 0 radical (unpaired) electrons. The predicted octanol–water partition coefficient (Wildman–Crippen LogP) is 4.58. The van der Waals surface area contributed by atoms with E-state index in [0.29, 0.717) is 23.3 Å². The molecule has 1 saturated carbocycles. The van der Waals surface area contributed by atoms with E-state index >= 15 is 0 Å². The Balaban J connectivity index is 0.000000477. The zero-order valence-corrected chi connectivity index (χ0v) is 22.9. The third-order valence-corrected chi connectivity index (χ3v) is 7.00. The summed E-state index contributed by atoms with van der Waals surface area (Å²) < 4.78 is 26.9. The lowest BCUT2D eigenvalue weighted by Gasteiger charge is -2.26. The average molecular weight is 547 g/mol. The zero-order chi connectivity index (χ0) is 27.9. The molecule has 2 aromatic carbocycles. The van der Waals surface area contributed by atoms with E-state index in [9.17, 15) is 9.18 Å². The molecular formula is C30H35FN6O3. The van der Waals surface area contributed by atoms with E-state index in [2.05, 4.69) is 52.7 Å². The van der Waals surface area contributed by atoms with Gasteiger partial charge in [-0.2, -0.15) is 14.6 Å². The fraction of sp³-hybridized carbons (Fsp3) is 0.367. The summed E-state index contributed by atoms with van der Waals surface area (Å²) in [7, 11) is 0. The van der Waals surface area contributed by atoms with Gasteiger partial charge in [-0.25, -0.2) is 4.39 Å². The number of ether oxygens (including phenoxy) is 2. The fourth-order valence-electron chi connectivity index (χ4n) is 4.40. The van der Waals surface area contributed by atoms with Crippen molar-refractivity contribution in [2.75, 3.05) is 44.7 Å². The highest BCUT2D eigenvalue weighted by atomic mass is 19.1. The summed E-state index contributed by atoms with van der Waals surface area (Å²) in [5.74, 6) is 1.17. The highest BCUT2D eigenvalue weighted by Gasteiger charge is 2.19. The molecule has 10 heteroatoms. The maximum atomic E-state index is 13.7. The summed E-state index contributed by atoms with van der Waals surface area (Å²) in [4.78, 5) is 16.6. The van der Waals surface area contributed by atoms with Crippen LogP contribution in [0.4, 0.5) is 10.2 Å². The maximum absolute atomic E-state index is 13.7. The van der Waals surface area contributed by atoms with Crippen molar-refractivity contribution < 1.29 is 18.7 Å². The molecule has 210 valence electrons. The molecule has 3 heterocycles. The van der Waals surface area contributed by atoms with E-state index in [1.165, 1.54) is 36.1 Å². The number of carbonyl (C=O) groups is 1. The number of nitrogens with zero attached hydrogens (tertiary/aromatic N) is 4. The van der Waals surface area contributed by atoms with Gasteiger partial charge < -0.3 is 20.1 Å². The second-order valence-corrected chi connectivity index (χ2v) is 10.1. The molecule has 40 heavy (non-hydrogen) atoms. The second-order valence-electron chi connectivity index (χ2n) is 10.1. The molecule has 0 spiro atoms. The van der Waals surface area contributed by atoms with Gasteiger partial charge >= 0.3 is 0 Å². The number of nitrogens with one attached hydrogen (secondary N) is 2. The van der Waals surface area contributed by atoms with Crippen LogP contribution in [-0.4, -0.2) is 71.3 Å². The van der Waals surface area contributed by atoms with Crippen LogP contribution in [0.2, 0.25) is 0 Å². The second kappa shape index (κ2) is 12.9. The average Bonchev–Trinajstić information content (AvgIpc) is 3.67. The lowest BCUT2D eigenvalue weighted by atomic mass is 10.0. The molecule has 1 aliphatic carbocycles. The van der Waals surface area contributed by atoms with Crippen molar-refractivity contribution in [1.29, 1.82) is 0 Å². The molecule has 6 rings (SSSR count). The minimum atomic E-state index is -0.359. The quantitative estimate of drug-likeness (QED) is 0.297. The number of rotatable bonds is 9. The van der Waals surface area contributed by atoms with Crippen LogP contribution in [0.5, 0.6) is 11.6 Å². The van der Waals surface area contributed by atoms with Gasteiger partial charge in [0.2, 0.25) is 12.3 Å². The number of amides is 1. The number of benzene rings is 2. The summed E-state index contributed by atoms with van der Waals surface area (Å²) in [6.45, 7) is 9.20. The van der Waals surface area contributed by atoms with Gasteiger partial charge in [0, 0.05) is 49.9 Å². The molecule has 0 unspecified atom stereocenters. The monoisotopic (exact) mass is 546 g/mol. The molecule has 1 saturated heterocycles. The van der Waals surface area contributed by atoms with Crippen molar-refractivity contribution in [1.82, 2.24) is 24.8 Å². The lowest BCUT2D eigenvalue weighted by Crippen LogP contribution is -2.39. The van der Waals surface area contributed by atoms with Crippen LogP contribution in [0.3, 0.4) is 0 Å². The van der Waals surface area contributed by atoms with Crippen molar-refractivity contribution >= 4 is 17.9 Å². The van der Waals surface area contributed by atoms with E-state index in [4.69, 9.17) is 14.5 Å². The summed E-state index contributed by atoms with van der Waals surface area (Å²) >= 11 is 0.